The fourth-order valence-electron chi connectivity index (χ4n) is 3.60. The Morgan fingerprint density at radius 1 is 1.23 bits per heavy atom. The van der Waals surface area contributed by atoms with Crippen LogP contribution in [0.25, 0.3) is 11.4 Å². The maximum Gasteiger partial charge on any atom is 0.219 e. The third-order valence-corrected chi connectivity index (χ3v) is 6.13. The second-order valence-electron chi connectivity index (χ2n) is 7.00. The van der Waals surface area contributed by atoms with E-state index in [1.165, 1.54) is 12.8 Å². The van der Waals surface area contributed by atoms with Crippen LogP contribution in [-0.2, 0) is 0 Å². The summed E-state index contributed by atoms with van der Waals surface area (Å²) in [5.41, 5.74) is 2.25. The van der Waals surface area contributed by atoms with Crippen LogP contribution in [0.2, 0.25) is 0 Å². The summed E-state index contributed by atoms with van der Waals surface area (Å²) in [6.07, 6.45) is 6.92. The minimum Gasteiger partial charge on any atom is -0.493 e. The number of aromatic nitrogens is 3. The van der Waals surface area contributed by atoms with Gasteiger partial charge in [-0.05, 0) is 36.8 Å². The third-order valence-electron chi connectivity index (χ3n) is 4.80. The van der Waals surface area contributed by atoms with E-state index in [1.54, 1.807) is 12.4 Å². The lowest BCUT2D eigenvalue weighted by Gasteiger charge is -2.36. The molecule has 2 aromatic rings. The summed E-state index contributed by atoms with van der Waals surface area (Å²) in [6.45, 7) is 4.67. The largest absolute Gasteiger partial charge is 0.493 e. The zero-order chi connectivity index (χ0) is 15.3. The van der Waals surface area contributed by atoms with Gasteiger partial charge in [0.25, 0.3) is 0 Å². The maximum absolute atomic E-state index is 10.5. The molecular weight excluding hydrogens is 294 g/mol. The van der Waals surface area contributed by atoms with Crippen molar-refractivity contribution in [3.8, 4) is 17.3 Å². The number of thioether (sulfide) groups is 1. The van der Waals surface area contributed by atoms with Crippen LogP contribution >= 0.6 is 11.8 Å². The minimum atomic E-state index is 0.163. The molecule has 1 N–H and O–H groups in total. The molecule has 4 nitrogen and oxygen atoms in total. The molecule has 1 fully saturated rings. The van der Waals surface area contributed by atoms with E-state index in [0.717, 1.165) is 22.6 Å². The van der Waals surface area contributed by atoms with Gasteiger partial charge in [0.2, 0.25) is 5.88 Å². The Kier molecular flexibility index (Phi) is 3.15. The third kappa shape index (κ3) is 2.28. The fourth-order valence-corrected chi connectivity index (χ4v) is 5.37. The van der Waals surface area contributed by atoms with Crippen molar-refractivity contribution < 1.29 is 5.11 Å². The standard InChI is InChI=1S/C17H19N3OS/c1-17(2)6-3-11-12(9-17)22-16-13(11)15(21)19-14(20-16)10-4-7-18-8-5-10/h4-5,7-8,11-12H,3,6,9H2,1-2H3,(H,19,20,21). The maximum atomic E-state index is 10.5. The summed E-state index contributed by atoms with van der Waals surface area (Å²) in [4.78, 5) is 13.1. The molecule has 1 aliphatic carbocycles. The number of rotatable bonds is 1. The first-order chi connectivity index (χ1) is 10.5. The number of nitrogens with zero attached hydrogens (tertiary/aromatic N) is 3. The summed E-state index contributed by atoms with van der Waals surface area (Å²) >= 11 is 1.82. The highest BCUT2D eigenvalue weighted by atomic mass is 32.2. The molecule has 0 spiro atoms. The molecule has 0 bridgehead atoms. The first kappa shape index (κ1) is 14.0. The monoisotopic (exact) mass is 313 g/mol. The summed E-state index contributed by atoms with van der Waals surface area (Å²) in [6, 6.07) is 3.74. The van der Waals surface area contributed by atoms with Crippen LogP contribution in [0.15, 0.2) is 29.6 Å². The summed E-state index contributed by atoms with van der Waals surface area (Å²) in [5, 5.41) is 11.9. The van der Waals surface area contributed by atoms with Crippen molar-refractivity contribution in [1.29, 1.82) is 0 Å². The molecule has 0 amide bonds. The molecule has 2 unspecified atom stereocenters. The predicted molar refractivity (Wildman–Crippen MR) is 86.9 cm³/mol. The van der Waals surface area contributed by atoms with Crippen LogP contribution in [0.1, 0.15) is 44.6 Å². The highest BCUT2D eigenvalue weighted by Crippen LogP contribution is 2.57. The second-order valence-corrected chi connectivity index (χ2v) is 8.22. The molecule has 4 rings (SSSR count). The van der Waals surface area contributed by atoms with Gasteiger partial charge in [-0.2, -0.15) is 4.98 Å². The average Bonchev–Trinajstić information content (AvgIpc) is 2.84. The van der Waals surface area contributed by atoms with Gasteiger partial charge < -0.3 is 5.11 Å². The molecule has 0 aromatic carbocycles. The molecule has 22 heavy (non-hydrogen) atoms. The fraction of sp³-hybridized carbons (Fsp3) is 0.471. The topological polar surface area (TPSA) is 58.9 Å². The zero-order valence-electron chi connectivity index (χ0n) is 12.8. The van der Waals surface area contributed by atoms with Crippen LogP contribution in [0.3, 0.4) is 0 Å². The second kappa shape index (κ2) is 4.95. The van der Waals surface area contributed by atoms with Gasteiger partial charge in [-0.15, -0.1) is 11.8 Å². The number of aromatic hydroxyl groups is 1. The van der Waals surface area contributed by atoms with E-state index >= 15 is 0 Å². The lowest BCUT2D eigenvalue weighted by Crippen LogP contribution is -2.28. The van der Waals surface area contributed by atoms with Crippen molar-refractivity contribution in [2.24, 2.45) is 5.41 Å². The minimum absolute atomic E-state index is 0.163. The Morgan fingerprint density at radius 2 is 2.00 bits per heavy atom. The Labute approximate surface area is 134 Å². The summed E-state index contributed by atoms with van der Waals surface area (Å²) in [7, 11) is 0. The first-order valence-electron chi connectivity index (χ1n) is 7.71. The van der Waals surface area contributed by atoms with Gasteiger partial charge >= 0.3 is 0 Å². The van der Waals surface area contributed by atoms with Crippen molar-refractivity contribution in [2.75, 3.05) is 0 Å². The Bertz CT molecular complexity index is 717. The van der Waals surface area contributed by atoms with Crippen molar-refractivity contribution in [3.63, 3.8) is 0 Å². The van der Waals surface area contributed by atoms with Crippen LogP contribution in [0.4, 0.5) is 0 Å². The first-order valence-corrected chi connectivity index (χ1v) is 8.59. The number of fused-ring (bicyclic) bond motifs is 3. The predicted octanol–water partition coefficient (Wildman–Crippen LogP) is 4.01. The van der Waals surface area contributed by atoms with Crippen LogP contribution in [0, 0.1) is 5.41 Å². The normalized spacial score (nSPS) is 25.5. The molecule has 2 aliphatic rings. The van der Waals surface area contributed by atoms with Crippen molar-refractivity contribution >= 4 is 11.8 Å². The molecule has 0 saturated heterocycles. The lowest BCUT2D eigenvalue weighted by atomic mass is 9.71. The number of hydrogen-bond acceptors (Lipinski definition) is 5. The lowest BCUT2D eigenvalue weighted by molar-refractivity contribution is 0.231. The van der Waals surface area contributed by atoms with E-state index < -0.39 is 0 Å². The zero-order valence-corrected chi connectivity index (χ0v) is 13.6. The van der Waals surface area contributed by atoms with E-state index in [1.807, 2.05) is 23.9 Å². The number of hydrogen-bond donors (Lipinski definition) is 1. The SMILES string of the molecule is CC1(C)CCC2c3c(O)nc(-c4ccncc4)nc3SC2C1. The van der Waals surface area contributed by atoms with Crippen molar-refractivity contribution in [1.82, 2.24) is 15.0 Å². The highest BCUT2D eigenvalue weighted by Gasteiger charge is 2.44. The summed E-state index contributed by atoms with van der Waals surface area (Å²) < 4.78 is 0. The molecule has 1 aliphatic heterocycles. The van der Waals surface area contributed by atoms with Crippen molar-refractivity contribution in [3.05, 3.63) is 30.1 Å². The molecule has 114 valence electrons. The van der Waals surface area contributed by atoms with E-state index in [2.05, 4.69) is 23.8 Å². The molecular formula is C17H19N3OS. The Balaban J connectivity index is 1.74. The van der Waals surface area contributed by atoms with E-state index in [9.17, 15) is 5.11 Å². The van der Waals surface area contributed by atoms with Gasteiger partial charge in [-0.1, -0.05) is 13.8 Å². The molecule has 2 atom stereocenters. The van der Waals surface area contributed by atoms with E-state index in [0.29, 0.717) is 22.4 Å². The Morgan fingerprint density at radius 3 is 2.77 bits per heavy atom. The van der Waals surface area contributed by atoms with E-state index in [-0.39, 0.29) is 5.88 Å². The molecule has 2 aromatic heterocycles. The molecule has 5 heteroatoms. The Hall–Kier alpha value is -1.62. The summed E-state index contributed by atoms with van der Waals surface area (Å²) in [5.74, 6) is 1.15. The molecule has 1 saturated carbocycles. The highest BCUT2D eigenvalue weighted by molar-refractivity contribution is 8.00. The van der Waals surface area contributed by atoms with Gasteiger partial charge in [0.1, 0.15) is 5.03 Å². The van der Waals surface area contributed by atoms with Gasteiger partial charge in [0.05, 0.1) is 5.56 Å². The van der Waals surface area contributed by atoms with Crippen molar-refractivity contribution in [2.45, 2.75) is 49.3 Å². The quantitative estimate of drug-likeness (QED) is 0.806. The average molecular weight is 313 g/mol. The van der Waals surface area contributed by atoms with Gasteiger partial charge in [-0.25, -0.2) is 4.98 Å². The van der Waals surface area contributed by atoms with Gasteiger partial charge in [0, 0.05) is 29.1 Å². The van der Waals surface area contributed by atoms with Gasteiger partial charge in [-0.3, -0.25) is 4.98 Å². The van der Waals surface area contributed by atoms with Crippen LogP contribution in [0.5, 0.6) is 5.88 Å². The molecule has 0 radical (unpaired) electrons. The van der Waals surface area contributed by atoms with E-state index in [4.69, 9.17) is 4.98 Å². The smallest absolute Gasteiger partial charge is 0.219 e. The van der Waals surface area contributed by atoms with Gasteiger partial charge in [0.15, 0.2) is 5.82 Å². The van der Waals surface area contributed by atoms with Crippen LogP contribution < -0.4 is 0 Å². The number of pyridine rings is 1. The molecule has 3 heterocycles. The van der Waals surface area contributed by atoms with Crippen LogP contribution in [-0.4, -0.2) is 25.3 Å².